The van der Waals surface area contributed by atoms with Gasteiger partial charge < -0.3 is 15.8 Å². The Morgan fingerprint density at radius 1 is 1.67 bits per heavy atom. The van der Waals surface area contributed by atoms with Gasteiger partial charge in [-0.05, 0) is 25.8 Å². The number of rotatable bonds is 4. The minimum atomic E-state index is -0.177. The number of hydrogen-bond donors (Lipinski definition) is 2. The summed E-state index contributed by atoms with van der Waals surface area (Å²) in [4.78, 5) is 15.7. The predicted molar refractivity (Wildman–Crippen MR) is 69.6 cm³/mol. The van der Waals surface area contributed by atoms with Crippen LogP contribution in [0, 0.1) is 0 Å². The molecule has 0 saturated heterocycles. The molecule has 1 fully saturated rings. The van der Waals surface area contributed by atoms with Crippen molar-refractivity contribution in [3.05, 3.63) is 22.8 Å². The van der Waals surface area contributed by atoms with E-state index >= 15 is 0 Å². The molecule has 0 atom stereocenters. The van der Waals surface area contributed by atoms with Crippen LogP contribution in [0.2, 0.25) is 5.02 Å². The Morgan fingerprint density at radius 2 is 2.39 bits per heavy atom. The van der Waals surface area contributed by atoms with Crippen molar-refractivity contribution in [3.63, 3.8) is 0 Å². The molecule has 2 rings (SSSR count). The number of pyridine rings is 1. The molecule has 0 aliphatic heterocycles. The summed E-state index contributed by atoms with van der Waals surface area (Å²) in [5, 5.41) is 3.20. The smallest absolute Gasteiger partial charge is 0.253 e. The molecule has 1 amide bonds. The van der Waals surface area contributed by atoms with Crippen LogP contribution in [-0.4, -0.2) is 29.6 Å². The highest BCUT2D eigenvalue weighted by atomic mass is 35.5. The normalized spacial score (nSPS) is 22.3. The molecule has 18 heavy (non-hydrogen) atoms. The average molecular weight is 270 g/mol. The van der Waals surface area contributed by atoms with Gasteiger partial charge in [0.2, 0.25) is 0 Å². The molecule has 0 bridgehead atoms. The Kier molecular flexibility index (Phi) is 4.04. The molecular formula is C12H16ClN3O2. The van der Waals surface area contributed by atoms with Crippen molar-refractivity contribution in [2.45, 2.75) is 31.9 Å². The lowest BCUT2D eigenvalue weighted by molar-refractivity contribution is -0.00862. The molecular weight excluding hydrogens is 254 g/mol. The number of nitrogen functional groups attached to an aromatic ring is 1. The topological polar surface area (TPSA) is 77.2 Å². The number of carbonyl (C=O) groups is 1. The molecule has 0 radical (unpaired) electrons. The summed E-state index contributed by atoms with van der Waals surface area (Å²) in [7, 11) is 0. The Balaban J connectivity index is 1.87. The second kappa shape index (κ2) is 5.54. The number of halogens is 1. The SMILES string of the molecule is CCOC1CC(NC(=O)c2cnc(N)c(Cl)c2)C1. The van der Waals surface area contributed by atoms with Gasteiger partial charge in [-0.3, -0.25) is 4.79 Å². The van der Waals surface area contributed by atoms with Crippen LogP contribution in [-0.2, 0) is 4.74 Å². The summed E-state index contributed by atoms with van der Waals surface area (Å²) in [6.07, 6.45) is 3.41. The molecule has 0 unspecified atom stereocenters. The maximum absolute atomic E-state index is 11.9. The molecule has 1 aromatic heterocycles. The highest BCUT2D eigenvalue weighted by molar-refractivity contribution is 6.33. The van der Waals surface area contributed by atoms with Crippen molar-refractivity contribution in [2.75, 3.05) is 12.3 Å². The van der Waals surface area contributed by atoms with Gasteiger partial charge in [0.25, 0.3) is 5.91 Å². The van der Waals surface area contributed by atoms with Crippen LogP contribution >= 0.6 is 11.6 Å². The maximum atomic E-state index is 11.9. The molecule has 1 aliphatic carbocycles. The molecule has 0 aromatic carbocycles. The number of anilines is 1. The third-order valence-corrected chi connectivity index (χ3v) is 3.27. The first-order valence-electron chi connectivity index (χ1n) is 5.93. The maximum Gasteiger partial charge on any atom is 0.253 e. The fraction of sp³-hybridized carbons (Fsp3) is 0.500. The summed E-state index contributed by atoms with van der Waals surface area (Å²) < 4.78 is 5.43. The molecule has 5 nitrogen and oxygen atoms in total. The van der Waals surface area contributed by atoms with Gasteiger partial charge in [-0.25, -0.2) is 4.98 Å². The van der Waals surface area contributed by atoms with E-state index in [9.17, 15) is 4.79 Å². The molecule has 1 aromatic rings. The first-order valence-corrected chi connectivity index (χ1v) is 6.31. The Morgan fingerprint density at radius 3 is 3.00 bits per heavy atom. The predicted octanol–water partition coefficient (Wildman–Crippen LogP) is 1.61. The zero-order chi connectivity index (χ0) is 13.1. The van der Waals surface area contributed by atoms with Crippen LogP contribution in [0.15, 0.2) is 12.3 Å². The van der Waals surface area contributed by atoms with Gasteiger partial charge >= 0.3 is 0 Å². The van der Waals surface area contributed by atoms with Gasteiger partial charge in [-0.15, -0.1) is 0 Å². The summed E-state index contributed by atoms with van der Waals surface area (Å²) >= 11 is 5.82. The first kappa shape index (κ1) is 13.1. The number of nitrogens with zero attached hydrogens (tertiary/aromatic N) is 1. The van der Waals surface area contributed by atoms with Crippen LogP contribution in [0.25, 0.3) is 0 Å². The zero-order valence-corrected chi connectivity index (χ0v) is 10.9. The lowest BCUT2D eigenvalue weighted by Gasteiger charge is -2.35. The van der Waals surface area contributed by atoms with Crippen LogP contribution in [0.1, 0.15) is 30.1 Å². The Hall–Kier alpha value is -1.33. The number of carbonyl (C=O) groups excluding carboxylic acids is 1. The van der Waals surface area contributed by atoms with E-state index in [0.29, 0.717) is 17.2 Å². The highest BCUT2D eigenvalue weighted by Gasteiger charge is 2.30. The molecule has 6 heteroatoms. The Labute approximate surface area is 111 Å². The molecule has 1 aliphatic rings. The number of amides is 1. The minimum Gasteiger partial charge on any atom is -0.382 e. The molecule has 98 valence electrons. The summed E-state index contributed by atoms with van der Waals surface area (Å²) in [6.45, 7) is 2.68. The first-order chi connectivity index (χ1) is 8.60. The lowest BCUT2D eigenvalue weighted by atomic mass is 9.89. The second-order valence-corrected chi connectivity index (χ2v) is 4.72. The third kappa shape index (κ3) is 2.91. The molecule has 0 spiro atoms. The van der Waals surface area contributed by atoms with Crippen LogP contribution in [0.4, 0.5) is 5.82 Å². The van der Waals surface area contributed by atoms with Gasteiger partial charge in [0.15, 0.2) is 0 Å². The standard InChI is InChI=1S/C12H16ClN3O2/c1-2-18-9-4-8(5-9)16-12(17)7-3-10(13)11(14)15-6-7/h3,6,8-9H,2,4-5H2,1H3,(H2,14,15)(H,16,17). The van der Waals surface area contributed by atoms with Crippen molar-refractivity contribution in [3.8, 4) is 0 Å². The number of hydrogen-bond acceptors (Lipinski definition) is 4. The summed E-state index contributed by atoms with van der Waals surface area (Å²) in [6, 6.07) is 1.70. The van der Waals surface area contributed by atoms with Gasteiger partial charge in [0, 0.05) is 18.8 Å². The van der Waals surface area contributed by atoms with Gasteiger partial charge in [0.1, 0.15) is 5.82 Å². The van der Waals surface area contributed by atoms with E-state index in [2.05, 4.69) is 10.3 Å². The second-order valence-electron chi connectivity index (χ2n) is 4.31. The van der Waals surface area contributed by atoms with Crippen LogP contribution in [0.3, 0.4) is 0 Å². The van der Waals surface area contributed by atoms with Crippen molar-refractivity contribution < 1.29 is 9.53 Å². The highest BCUT2D eigenvalue weighted by Crippen LogP contribution is 2.24. The van der Waals surface area contributed by atoms with Crippen molar-refractivity contribution in [1.82, 2.24) is 10.3 Å². The summed E-state index contributed by atoms with van der Waals surface area (Å²) in [5.41, 5.74) is 5.91. The monoisotopic (exact) mass is 269 g/mol. The largest absolute Gasteiger partial charge is 0.382 e. The minimum absolute atomic E-state index is 0.172. The van der Waals surface area contributed by atoms with Gasteiger partial charge in [-0.2, -0.15) is 0 Å². The third-order valence-electron chi connectivity index (χ3n) is 2.96. The summed E-state index contributed by atoms with van der Waals surface area (Å²) in [5.74, 6) is 0.0534. The number of nitrogens with two attached hydrogens (primary N) is 1. The van der Waals surface area contributed by atoms with Crippen LogP contribution < -0.4 is 11.1 Å². The van der Waals surface area contributed by atoms with Gasteiger partial charge in [-0.1, -0.05) is 11.6 Å². The molecule has 1 heterocycles. The van der Waals surface area contributed by atoms with Crippen molar-refractivity contribution in [1.29, 1.82) is 0 Å². The number of ether oxygens (including phenoxy) is 1. The fourth-order valence-electron chi connectivity index (χ4n) is 1.90. The van der Waals surface area contributed by atoms with E-state index in [-0.39, 0.29) is 23.9 Å². The van der Waals surface area contributed by atoms with Crippen LogP contribution in [0.5, 0.6) is 0 Å². The quantitative estimate of drug-likeness (QED) is 0.871. The van der Waals surface area contributed by atoms with Gasteiger partial charge in [0.05, 0.1) is 16.7 Å². The average Bonchev–Trinajstić information content (AvgIpc) is 2.30. The molecule has 3 N–H and O–H groups in total. The van der Waals surface area contributed by atoms with E-state index in [1.54, 1.807) is 0 Å². The number of aromatic nitrogens is 1. The lowest BCUT2D eigenvalue weighted by Crippen LogP contribution is -2.47. The van der Waals surface area contributed by atoms with E-state index in [1.807, 2.05) is 6.92 Å². The zero-order valence-electron chi connectivity index (χ0n) is 10.1. The Bertz CT molecular complexity index is 447. The van der Waals surface area contributed by atoms with E-state index in [0.717, 1.165) is 12.8 Å². The molecule has 1 saturated carbocycles. The number of nitrogens with one attached hydrogen (secondary N) is 1. The van der Waals surface area contributed by atoms with E-state index in [1.165, 1.54) is 12.3 Å². The fourth-order valence-corrected chi connectivity index (χ4v) is 2.06. The van der Waals surface area contributed by atoms with Crippen molar-refractivity contribution in [2.24, 2.45) is 0 Å². The van der Waals surface area contributed by atoms with Crippen molar-refractivity contribution >= 4 is 23.3 Å². The van der Waals surface area contributed by atoms with E-state index < -0.39 is 0 Å². The van der Waals surface area contributed by atoms with E-state index in [4.69, 9.17) is 22.1 Å².